The first-order valence-corrected chi connectivity index (χ1v) is 8.92. The van der Waals surface area contributed by atoms with Gasteiger partial charge in [0.1, 0.15) is 0 Å². The molecule has 24 heavy (non-hydrogen) atoms. The smallest absolute Gasteiger partial charge is 0.0887 e. The molecular formula is C19H27N5. The summed E-state index contributed by atoms with van der Waals surface area (Å²) >= 11 is 0. The zero-order valence-corrected chi connectivity index (χ0v) is 14.5. The molecule has 0 bridgehead atoms. The van der Waals surface area contributed by atoms with Gasteiger partial charge in [-0.25, -0.2) is 0 Å². The Morgan fingerprint density at radius 3 is 2.46 bits per heavy atom. The molecule has 2 aromatic rings. The van der Waals surface area contributed by atoms with Crippen LogP contribution in [0.25, 0.3) is 11.4 Å². The van der Waals surface area contributed by atoms with Gasteiger partial charge < -0.3 is 10.2 Å². The van der Waals surface area contributed by atoms with Gasteiger partial charge in [-0.1, -0.05) is 13.0 Å². The fourth-order valence-electron chi connectivity index (χ4n) is 3.01. The summed E-state index contributed by atoms with van der Waals surface area (Å²) in [7, 11) is 0. The summed E-state index contributed by atoms with van der Waals surface area (Å²) in [4.78, 5) is 13.9. The molecule has 1 fully saturated rings. The van der Waals surface area contributed by atoms with Crippen molar-refractivity contribution >= 4 is 5.69 Å². The predicted octanol–water partition coefficient (Wildman–Crippen LogP) is 2.27. The molecule has 1 N–H and O–H groups in total. The number of nitrogens with zero attached hydrogens (tertiary/aromatic N) is 4. The first-order chi connectivity index (χ1) is 11.9. The van der Waals surface area contributed by atoms with Crippen LogP contribution in [-0.2, 0) is 0 Å². The van der Waals surface area contributed by atoms with Crippen LogP contribution in [0.15, 0.2) is 42.7 Å². The Bertz CT molecular complexity index is 591. The second kappa shape index (κ2) is 8.76. The Morgan fingerprint density at radius 1 is 0.958 bits per heavy atom. The number of hydrogen-bond donors (Lipinski definition) is 1. The monoisotopic (exact) mass is 325 g/mol. The molecule has 0 unspecified atom stereocenters. The summed E-state index contributed by atoms with van der Waals surface area (Å²) in [5, 5.41) is 3.48. The van der Waals surface area contributed by atoms with Crippen LogP contribution in [0, 0.1) is 0 Å². The van der Waals surface area contributed by atoms with E-state index in [1.165, 1.54) is 12.1 Å². The van der Waals surface area contributed by atoms with Crippen molar-refractivity contribution in [1.29, 1.82) is 0 Å². The predicted molar refractivity (Wildman–Crippen MR) is 99.3 cm³/mol. The van der Waals surface area contributed by atoms with Crippen molar-refractivity contribution in [2.75, 3.05) is 50.7 Å². The van der Waals surface area contributed by atoms with E-state index in [2.05, 4.69) is 44.1 Å². The zero-order valence-electron chi connectivity index (χ0n) is 14.5. The van der Waals surface area contributed by atoms with E-state index in [9.17, 15) is 0 Å². The van der Waals surface area contributed by atoms with Gasteiger partial charge >= 0.3 is 0 Å². The molecular weight excluding hydrogens is 298 g/mol. The van der Waals surface area contributed by atoms with Crippen LogP contribution in [0.2, 0.25) is 0 Å². The summed E-state index contributed by atoms with van der Waals surface area (Å²) < 4.78 is 0. The Labute approximate surface area is 144 Å². The number of anilines is 1. The average Bonchev–Trinajstić information content (AvgIpc) is 2.67. The van der Waals surface area contributed by atoms with Crippen LogP contribution >= 0.6 is 0 Å². The van der Waals surface area contributed by atoms with Crippen molar-refractivity contribution in [2.24, 2.45) is 0 Å². The van der Waals surface area contributed by atoms with Crippen molar-refractivity contribution in [1.82, 2.24) is 20.2 Å². The minimum Gasteiger partial charge on any atom is -0.368 e. The normalized spacial score (nSPS) is 15.6. The first-order valence-electron chi connectivity index (χ1n) is 8.92. The fourth-order valence-corrected chi connectivity index (χ4v) is 3.01. The second-order valence-electron chi connectivity index (χ2n) is 6.20. The largest absolute Gasteiger partial charge is 0.368 e. The van der Waals surface area contributed by atoms with Crippen molar-refractivity contribution < 1.29 is 0 Å². The SMILES string of the molecule is CCCNCCN1CCN(c2ccc(-c3ccccn3)nc2)CC1. The molecule has 0 aliphatic carbocycles. The molecule has 0 radical (unpaired) electrons. The molecule has 0 amide bonds. The van der Waals surface area contributed by atoms with Crippen LogP contribution in [0.5, 0.6) is 0 Å². The number of hydrogen-bond acceptors (Lipinski definition) is 5. The van der Waals surface area contributed by atoms with Crippen molar-refractivity contribution in [2.45, 2.75) is 13.3 Å². The lowest BCUT2D eigenvalue weighted by Crippen LogP contribution is -2.48. The van der Waals surface area contributed by atoms with Gasteiger partial charge in [0.05, 0.1) is 23.3 Å². The van der Waals surface area contributed by atoms with Gasteiger partial charge in [-0.05, 0) is 37.2 Å². The van der Waals surface area contributed by atoms with Gasteiger partial charge in [0.2, 0.25) is 0 Å². The van der Waals surface area contributed by atoms with E-state index in [0.717, 1.165) is 57.2 Å². The van der Waals surface area contributed by atoms with Crippen LogP contribution in [-0.4, -0.2) is 60.7 Å². The van der Waals surface area contributed by atoms with Crippen LogP contribution in [0.1, 0.15) is 13.3 Å². The maximum absolute atomic E-state index is 4.59. The maximum atomic E-state index is 4.59. The summed E-state index contributed by atoms with van der Waals surface area (Å²) in [6.45, 7) is 9.94. The number of pyridine rings is 2. The molecule has 0 saturated carbocycles. The molecule has 128 valence electrons. The Balaban J connectivity index is 1.50. The molecule has 3 rings (SSSR count). The molecule has 3 heterocycles. The van der Waals surface area contributed by atoms with E-state index >= 15 is 0 Å². The van der Waals surface area contributed by atoms with Gasteiger partial charge in [0.25, 0.3) is 0 Å². The summed E-state index contributed by atoms with van der Waals surface area (Å²) in [5.74, 6) is 0. The van der Waals surface area contributed by atoms with Crippen LogP contribution in [0.4, 0.5) is 5.69 Å². The lowest BCUT2D eigenvalue weighted by atomic mass is 10.2. The van der Waals surface area contributed by atoms with E-state index in [-0.39, 0.29) is 0 Å². The zero-order chi connectivity index (χ0) is 16.6. The number of rotatable bonds is 7. The third-order valence-electron chi connectivity index (χ3n) is 4.44. The summed E-state index contributed by atoms with van der Waals surface area (Å²) in [6.07, 6.45) is 4.98. The Kier molecular flexibility index (Phi) is 6.15. The van der Waals surface area contributed by atoms with E-state index in [1.807, 2.05) is 24.4 Å². The second-order valence-corrected chi connectivity index (χ2v) is 6.20. The van der Waals surface area contributed by atoms with Crippen LogP contribution < -0.4 is 10.2 Å². The molecule has 0 aromatic carbocycles. The Morgan fingerprint density at radius 2 is 1.79 bits per heavy atom. The van der Waals surface area contributed by atoms with Crippen molar-refractivity contribution in [3.05, 3.63) is 42.7 Å². The minimum absolute atomic E-state index is 0.924. The molecule has 0 spiro atoms. The van der Waals surface area contributed by atoms with Crippen molar-refractivity contribution in [3.8, 4) is 11.4 Å². The van der Waals surface area contributed by atoms with Gasteiger partial charge in [0.15, 0.2) is 0 Å². The van der Waals surface area contributed by atoms with Gasteiger partial charge in [0, 0.05) is 45.5 Å². The van der Waals surface area contributed by atoms with Gasteiger partial charge in [-0.2, -0.15) is 0 Å². The van der Waals surface area contributed by atoms with Gasteiger partial charge in [-0.3, -0.25) is 14.9 Å². The number of aromatic nitrogens is 2. The molecule has 2 aromatic heterocycles. The summed E-state index contributed by atoms with van der Waals surface area (Å²) in [6, 6.07) is 10.1. The quantitative estimate of drug-likeness (QED) is 0.791. The minimum atomic E-state index is 0.924. The fraction of sp³-hybridized carbons (Fsp3) is 0.474. The summed E-state index contributed by atoms with van der Waals surface area (Å²) in [5.41, 5.74) is 3.06. The standard InChI is InChI=1S/C19H27N5/c1-2-8-20-10-11-23-12-14-24(15-13-23)17-6-7-19(22-16-17)18-5-3-4-9-21-18/h3-7,9,16,20H,2,8,10-15H2,1H3. The van der Waals surface area contributed by atoms with Crippen molar-refractivity contribution in [3.63, 3.8) is 0 Å². The maximum Gasteiger partial charge on any atom is 0.0887 e. The van der Waals surface area contributed by atoms with Crippen LogP contribution in [0.3, 0.4) is 0 Å². The molecule has 1 aliphatic heterocycles. The average molecular weight is 325 g/mol. The lowest BCUT2D eigenvalue weighted by molar-refractivity contribution is 0.258. The Hall–Kier alpha value is -1.98. The molecule has 1 saturated heterocycles. The molecule has 1 aliphatic rings. The highest BCUT2D eigenvalue weighted by atomic mass is 15.3. The van der Waals surface area contributed by atoms with E-state index in [0.29, 0.717) is 0 Å². The van der Waals surface area contributed by atoms with Gasteiger partial charge in [-0.15, -0.1) is 0 Å². The molecule has 5 nitrogen and oxygen atoms in total. The number of nitrogens with one attached hydrogen (secondary N) is 1. The lowest BCUT2D eigenvalue weighted by Gasteiger charge is -2.36. The third-order valence-corrected chi connectivity index (χ3v) is 4.44. The topological polar surface area (TPSA) is 44.3 Å². The highest BCUT2D eigenvalue weighted by Gasteiger charge is 2.17. The highest BCUT2D eigenvalue weighted by molar-refractivity contribution is 5.57. The van der Waals surface area contributed by atoms with E-state index in [4.69, 9.17) is 0 Å². The molecule has 0 atom stereocenters. The van der Waals surface area contributed by atoms with E-state index in [1.54, 1.807) is 6.20 Å². The number of piperazine rings is 1. The third kappa shape index (κ3) is 4.52. The molecule has 5 heteroatoms. The first kappa shape index (κ1) is 16.9. The highest BCUT2D eigenvalue weighted by Crippen LogP contribution is 2.19. The van der Waals surface area contributed by atoms with E-state index < -0.39 is 0 Å².